The Morgan fingerprint density at radius 3 is 1.94 bits per heavy atom. The second-order valence-corrected chi connectivity index (χ2v) is 3.31. The lowest BCUT2D eigenvalue weighted by Gasteiger charge is -2.05. The van der Waals surface area contributed by atoms with Gasteiger partial charge in [0.2, 0.25) is 0 Å². The Morgan fingerprint density at radius 2 is 1.41 bits per heavy atom. The predicted octanol–water partition coefficient (Wildman–Crippen LogP) is 2.51. The van der Waals surface area contributed by atoms with Crippen molar-refractivity contribution in [2.75, 3.05) is 39.6 Å². The molecule has 0 saturated heterocycles. The van der Waals surface area contributed by atoms with E-state index in [0.29, 0.717) is 39.6 Å². The van der Waals surface area contributed by atoms with Gasteiger partial charge in [-0.1, -0.05) is 12.7 Å². The van der Waals surface area contributed by atoms with Crippen LogP contribution in [-0.2, 0) is 18.9 Å². The normalized spacial score (nSPS) is 10.6. The zero-order valence-corrected chi connectivity index (χ0v) is 10.7. The van der Waals surface area contributed by atoms with E-state index in [-0.39, 0.29) is 0 Å². The standard InChI is InChI=1S/C13H24O4/c1-3-7-15-9-6-11-17-13-12-16-10-5-8-14-4-2/h3-4,7H,2,5-6,8-13H2,1H3. The highest BCUT2D eigenvalue weighted by Gasteiger charge is 1.91. The van der Waals surface area contributed by atoms with Gasteiger partial charge in [0, 0.05) is 26.1 Å². The molecular formula is C13H24O4. The SMILES string of the molecule is C=COCCCOCCOCCCOC=CC. The fourth-order valence-electron chi connectivity index (χ4n) is 1.06. The first kappa shape index (κ1) is 16.0. The van der Waals surface area contributed by atoms with Crippen molar-refractivity contribution in [1.82, 2.24) is 0 Å². The third-order valence-corrected chi connectivity index (χ3v) is 1.82. The van der Waals surface area contributed by atoms with Gasteiger partial charge < -0.3 is 18.9 Å². The van der Waals surface area contributed by atoms with Crippen molar-refractivity contribution < 1.29 is 18.9 Å². The molecule has 0 aromatic rings. The van der Waals surface area contributed by atoms with Gasteiger partial charge in [-0.15, -0.1) is 0 Å². The largest absolute Gasteiger partial charge is 0.502 e. The molecule has 0 heterocycles. The molecule has 0 aromatic carbocycles. The highest BCUT2D eigenvalue weighted by Crippen LogP contribution is 1.88. The summed E-state index contributed by atoms with van der Waals surface area (Å²) < 4.78 is 20.8. The lowest BCUT2D eigenvalue weighted by atomic mass is 10.5. The first-order valence-corrected chi connectivity index (χ1v) is 6.02. The minimum Gasteiger partial charge on any atom is -0.502 e. The van der Waals surface area contributed by atoms with Crippen molar-refractivity contribution in [3.8, 4) is 0 Å². The smallest absolute Gasteiger partial charge is 0.0895 e. The van der Waals surface area contributed by atoms with Crippen molar-refractivity contribution in [3.05, 3.63) is 25.2 Å². The summed E-state index contributed by atoms with van der Waals surface area (Å²) in [5.41, 5.74) is 0. The summed E-state index contributed by atoms with van der Waals surface area (Å²) in [5, 5.41) is 0. The Morgan fingerprint density at radius 1 is 0.824 bits per heavy atom. The molecule has 0 unspecified atom stereocenters. The van der Waals surface area contributed by atoms with E-state index >= 15 is 0 Å². The Balaban J connectivity index is 2.91. The van der Waals surface area contributed by atoms with E-state index in [0.717, 1.165) is 12.8 Å². The number of ether oxygens (including phenoxy) is 4. The van der Waals surface area contributed by atoms with Crippen LogP contribution in [0.4, 0.5) is 0 Å². The quantitative estimate of drug-likeness (QED) is 0.368. The van der Waals surface area contributed by atoms with E-state index < -0.39 is 0 Å². The minimum atomic E-state index is 0.629. The Bertz CT molecular complexity index is 180. The summed E-state index contributed by atoms with van der Waals surface area (Å²) in [4.78, 5) is 0. The van der Waals surface area contributed by atoms with Crippen molar-refractivity contribution in [1.29, 1.82) is 0 Å². The van der Waals surface area contributed by atoms with Crippen molar-refractivity contribution in [2.24, 2.45) is 0 Å². The summed E-state index contributed by atoms with van der Waals surface area (Å²) in [5.74, 6) is 0. The number of allylic oxidation sites excluding steroid dienone is 1. The van der Waals surface area contributed by atoms with Crippen LogP contribution in [0, 0.1) is 0 Å². The average Bonchev–Trinajstić information content (AvgIpc) is 2.35. The van der Waals surface area contributed by atoms with Gasteiger partial charge in [0.1, 0.15) is 0 Å². The molecule has 0 atom stereocenters. The maximum Gasteiger partial charge on any atom is 0.0895 e. The molecule has 4 heteroatoms. The van der Waals surface area contributed by atoms with Crippen molar-refractivity contribution in [2.45, 2.75) is 19.8 Å². The second kappa shape index (κ2) is 15.0. The zero-order valence-electron chi connectivity index (χ0n) is 10.7. The van der Waals surface area contributed by atoms with Crippen LogP contribution < -0.4 is 0 Å². The summed E-state index contributed by atoms with van der Waals surface area (Å²) in [6.45, 7) is 9.40. The van der Waals surface area contributed by atoms with Crippen molar-refractivity contribution >= 4 is 0 Å². The van der Waals surface area contributed by atoms with E-state index in [4.69, 9.17) is 18.9 Å². The van der Waals surface area contributed by atoms with Gasteiger partial charge in [-0.25, -0.2) is 0 Å². The van der Waals surface area contributed by atoms with Crippen LogP contribution in [0.3, 0.4) is 0 Å². The van der Waals surface area contributed by atoms with Gasteiger partial charge in [0.05, 0.1) is 39.0 Å². The molecule has 0 spiro atoms. The van der Waals surface area contributed by atoms with Gasteiger partial charge >= 0.3 is 0 Å². The Kier molecular flexibility index (Phi) is 14.1. The topological polar surface area (TPSA) is 36.9 Å². The van der Waals surface area contributed by atoms with Crippen LogP contribution in [0.25, 0.3) is 0 Å². The van der Waals surface area contributed by atoms with Gasteiger partial charge in [-0.05, 0) is 6.92 Å². The van der Waals surface area contributed by atoms with Crippen LogP contribution in [0.1, 0.15) is 19.8 Å². The van der Waals surface area contributed by atoms with Gasteiger partial charge in [0.25, 0.3) is 0 Å². The van der Waals surface area contributed by atoms with Crippen LogP contribution in [-0.4, -0.2) is 39.6 Å². The van der Waals surface area contributed by atoms with E-state index in [9.17, 15) is 0 Å². The first-order chi connectivity index (χ1) is 8.41. The molecule has 0 bridgehead atoms. The van der Waals surface area contributed by atoms with E-state index in [1.807, 2.05) is 13.0 Å². The Labute approximate surface area is 104 Å². The fourth-order valence-corrected chi connectivity index (χ4v) is 1.06. The van der Waals surface area contributed by atoms with E-state index in [1.54, 1.807) is 6.26 Å². The summed E-state index contributed by atoms with van der Waals surface area (Å²) in [7, 11) is 0. The number of rotatable bonds is 13. The molecule has 0 aliphatic carbocycles. The van der Waals surface area contributed by atoms with E-state index in [1.165, 1.54) is 6.26 Å². The van der Waals surface area contributed by atoms with Gasteiger partial charge in [-0.2, -0.15) is 0 Å². The molecule has 0 amide bonds. The van der Waals surface area contributed by atoms with Crippen LogP contribution in [0.5, 0.6) is 0 Å². The lowest BCUT2D eigenvalue weighted by Crippen LogP contribution is -2.08. The molecule has 0 aliphatic rings. The fraction of sp³-hybridized carbons (Fsp3) is 0.692. The maximum absolute atomic E-state index is 5.37. The monoisotopic (exact) mass is 244 g/mol. The van der Waals surface area contributed by atoms with Crippen LogP contribution in [0.15, 0.2) is 25.2 Å². The summed E-state index contributed by atoms with van der Waals surface area (Å²) in [6, 6.07) is 0. The number of hydrogen-bond acceptors (Lipinski definition) is 4. The number of hydrogen-bond donors (Lipinski definition) is 0. The molecule has 0 saturated carbocycles. The molecule has 17 heavy (non-hydrogen) atoms. The molecule has 0 aromatic heterocycles. The van der Waals surface area contributed by atoms with Crippen LogP contribution >= 0.6 is 0 Å². The van der Waals surface area contributed by atoms with Crippen LogP contribution in [0.2, 0.25) is 0 Å². The summed E-state index contributed by atoms with van der Waals surface area (Å²) >= 11 is 0. The van der Waals surface area contributed by atoms with E-state index in [2.05, 4.69) is 6.58 Å². The molecule has 0 fully saturated rings. The van der Waals surface area contributed by atoms with Gasteiger partial charge in [0.15, 0.2) is 0 Å². The second-order valence-electron chi connectivity index (χ2n) is 3.31. The summed E-state index contributed by atoms with van der Waals surface area (Å²) in [6.07, 6.45) is 6.78. The molecule has 4 nitrogen and oxygen atoms in total. The zero-order chi connectivity index (χ0) is 12.6. The highest BCUT2D eigenvalue weighted by molar-refractivity contribution is 4.64. The molecule has 0 radical (unpaired) electrons. The Hall–Kier alpha value is -1.00. The molecule has 0 N–H and O–H groups in total. The molecule has 100 valence electrons. The minimum absolute atomic E-state index is 0.629. The third kappa shape index (κ3) is 15.0. The molecule has 0 aliphatic heterocycles. The first-order valence-electron chi connectivity index (χ1n) is 6.02. The highest BCUT2D eigenvalue weighted by atomic mass is 16.5. The third-order valence-electron chi connectivity index (χ3n) is 1.82. The molecular weight excluding hydrogens is 220 g/mol. The predicted molar refractivity (Wildman–Crippen MR) is 67.8 cm³/mol. The average molecular weight is 244 g/mol. The van der Waals surface area contributed by atoms with Crippen molar-refractivity contribution in [3.63, 3.8) is 0 Å². The molecule has 0 rings (SSSR count). The lowest BCUT2D eigenvalue weighted by molar-refractivity contribution is 0.0367. The maximum atomic E-state index is 5.37. The van der Waals surface area contributed by atoms with Gasteiger partial charge in [-0.3, -0.25) is 0 Å².